The number of H-pyrrole nitrogens is 1. The third-order valence-electron chi connectivity index (χ3n) is 7.32. The normalized spacial score (nSPS) is 17.2. The molecule has 0 unspecified atom stereocenters. The molecule has 0 atom stereocenters. The van der Waals surface area contributed by atoms with Gasteiger partial charge in [-0.15, -0.1) is 0 Å². The Morgan fingerprint density at radius 1 is 0.848 bits per heavy atom. The number of aromatic nitrogens is 6. The summed E-state index contributed by atoms with van der Waals surface area (Å²) in [6.45, 7) is 2.08. The van der Waals surface area contributed by atoms with Crippen LogP contribution in [0.15, 0.2) is 43.0 Å². The van der Waals surface area contributed by atoms with Gasteiger partial charge < -0.3 is 9.88 Å². The van der Waals surface area contributed by atoms with Crippen LogP contribution in [0.5, 0.6) is 0 Å². The molecule has 0 spiro atoms. The molecule has 1 aliphatic heterocycles. The van der Waals surface area contributed by atoms with Crippen molar-refractivity contribution in [2.75, 3.05) is 18.0 Å². The second kappa shape index (κ2) is 7.47. The van der Waals surface area contributed by atoms with Gasteiger partial charge in [-0.05, 0) is 61.8 Å². The van der Waals surface area contributed by atoms with Crippen LogP contribution in [0.2, 0.25) is 0 Å². The average molecular weight is 436 g/mol. The number of pyridine rings is 3. The highest BCUT2D eigenvalue weighted by atomic mass is 15.2. The second-order valence-electron chi connectivity index (χ2n) is 9.28. The van der Waals surface area contributed by atoms with Crippen LogP contribution in [0.25, 0.3) is 44.4 Å². The molecule has 0 amide bonds. The van der Waals surface area contributed by atoms with Gasteiger partial charge in [0.25, 0.3) is 0 Å². The van der Waals surface area contributed by atoms with Crippen molar-refractivity contribution in [3.8, 4) is 11.4 Å². The largest absolute Gasteiger partial charge is 0.356 e. The maximum Gasteiger partial charge on any atom is 0.163 e. The smallest absolute Gasteiger partial charge is 0.163 e. The number of piperidine rings is 1. The SMILES string of the molecule is c1cnc2[nH]c3nccc(-c4nc(N5CCCCC5)c5c(C6CCC6)cncc5n4)c3c2c1. The third-order valence-corrected chi connectivity index (χ3v) is 7.32. The van der Waals surface area contributed by atoms with Gasteiger partial charge in [0.2, 0.25) is 0 Å². The van der Waals surface area contributed by atoms with Gasteiger partial charge in [0.05, 0.1) is 11.7 Å². The molecule has 2 fully saturated rings. The Kier molecular flexibility index (Phi) is 4.28. The molecule has 1 saturated heterocycles. The Morgan fingerprint density at radius 3 is 2.58 bits per heavy atom. The van der Waals surface area contributed by atoms with Crippen molar-refractivity contribution in [2.24, 2.45) is 0 Å². The fourth-order valence-electron chi connectivity index (χ4n) is 5.41. The molecule has 5 aromatic rings. The van der Waals surface area contributed by atoms with Crippen LogP contribution in [0.4, 0.5) is 5.82 Å². The van der Waals surface area contributed by atoms with E-state index in [2.05, 4.69) is 37.1 Å². The highest BCUT2D eigenvalue weighted by Crippen LogP contribution is 2.42. The van der Waals surface area contributed by atoms with Crippen molar-refractivity contribution in [3.05, 3.63) is 48.5 Å². The van der Waals surface area contributed by atoms with Crippen LogP contribution in [0.1, 0.15) is 50.0 Å². The summed E-state index contributed by atoms with van der Waals surface area (Å²) in [5, 5.41) is 3.26. The Bertz CT molecular complexity index is 1500. The van der Waals surface area contributed by atoms with Gasteiger partial charge in [-0.2, -0.15) is 0 Å². The second-order valence-corrected chi connectivity index (χ2v) is 9.28. The summed E-state index contributed by atoms with van der Waals surface area (Å²) in [6, 6.07) is 6.06. The minimum atomic E-state index is 0.575. The summed E-state index contributed by atoms with van der Waals surface area (Å²) in [6.07, 6.45) is 15.0. The maximum absolute atomic E-state index is 5.26. The molecule has 1 saturated carbocycles. The van der Waals surface area contributed by atoms with Crippen LogP contribution in [-0.4, -0.2) is 43.0 Å². The minimum Gasteiger partial charge on any atom is -0.356 e. The topological polar surface area (TPSA) is 83.5 Å². The molecular weight excluding hydrogens is 410 g/mol. The molecule has 7 nitrogen and oxygen atoms in total. The number of nitrogens with one attached hydrogen (secondary N) is 1. The van der Waals surface area contributed by atoms with E-state index in [-0.39, 0.29) is 0 Å². The van der Waals surface area contributed by atoms with Crippen molar-refractivity contribution in [2.45, 2.75) is 44.4 Å². The molecule has 7 heteroatoms. The van der Waals surface area contributed by atoms with Gasteiger partial charge in [0, 0.05) is 53.4 Å². The fraction of sp³-hybridized carbons (Fsp3) is 0.346. The summed E-state index contributed by atoms with van der Waals surface area (Å²) in [4.78, 5) is 29.8. The van der Waals surface area contributed by atoms with E-state index in [1.54, 1.807) is 6.20 Å². The molecule has 6 heterocycles. The van der Waals surface area contributed by atoms with Gasteiger partial charge >= 0.3 is 0 Å². The molecule has 0 radical (unpaired) electrons. The van der Waals surface area contributed by atoms with Crippen LogP contribution in [-0.2, 0) is 0 Å². The monoisotopic (exact) mass is 435 g/mol. The van der Waals surface area contributed by atoms with E-state index >= 15 is 0 Å². The van der Waals surface area contributed by atoms with Crippen molar-refractivity contribution in [1.82, 2.24) is 29.9 Å². The summed E-state index contributed by atoms with van der Waals surface area (Å²) in [5.41, 5.74) is 4.88. The Labute approximate surface area is 191 Å². The predicted molar refractivity (Wildman–Crippen MR) is 130 cm³/mol. The maximum atomic E-state index is 5.26. The number of rotatable bonds is 3. The number of fused-ring (bicyclic) bond motifs is 4. The first-order valence-electron chi connectivity index (χ1n) is 12.0. The Morgan fingerprint density at radius 2 is 1.73 bits per heavy atom. The Balaban J connectivity index is 1.51. The van der Waals surface area contributed by atoms with Crippen molar-refractivity contribution >= 4 is 38.8 Å². The van der Waals surface area contributed by atoms with E-state index < -0.39 is 0 Å². The summed E-state index contributed by atoms with van der Waals surface area (Å²) in [5.74, 6) is 2.38. The summed E-state index contributed by atoms with van der Waals surface area (Å²) < 4.78 is 0. The van der Waals surface area contributed by atoms with Crippen LogP contribution < -0.4 is 4.90 Å². The van der Waals surface area contributed by atoms with E-state index in [1.165, 1.54) is 49.5 Å². The van der Waals surface area contributed by atoms with E-state index in [0.29, 0.717) is 5.92 Å². The van der Waals surface area contributed by atoms with Crippen LogP contribution in [0, 0.1) is 0 Å². The Hall–Kier alpha value is -3.61. The lowest BCUT2D eigenvalue weighted by Crippen LogP contribution is -2.31. The molecular formula is C26H25N7. The zero-order valence-corrected chi connectivity index (χ0v) is 18.5. The highest BCUT2D eigenvalue weighted by Gasteiger charge is 2.27. The van der Waals surface area contributed by atoms with Gasteiger partial charge in [0.15, 0.2) is 5.82 Å². The lowest BCUT2D eigenvalue weighted by atomic mass is 9.79. The van der Waals surface area contributed by atoms with Crippen molar-refractivity contribution < 1.29 is 0 Å². The van der Waals surface area contributed by atoms with E-state index in [0.717, 1.165) is 57.9 Å². The first kappa shape index (κ1) is 18.9. The van der Waals surface area contributed by atoms with E-state index in [1.807, 2.05) is 24.5 Å². The van der Waals surface area contributed by atoms with Gasteiger partial charge in [-0.3, -0.25) is 4.98 Å². The summed E-state index contributed by atoms with van der Waals surface area (Å²) in [7, 11) is 0. The molecule has 164 valence electrons. The molecule has 2 aliphatic rings. The molecule has 0 bridgehead atoms. The van der Waals surface area contributed by atoms with Crippen molar-refractivity contribution in [1.29, 1.82) is 0 Å². The zero-order valence-electron chi connectivity index (χ0n) is 18.5. The standard InChI is InChI=1S/C26H25N7/c1-2-12-33(13-3-1)26-22-19(16-6-4-7-16)14-27-15-20(22)30-24(32-26)18-9-11-29-25-21(18)17-8-5-10-28-23(17)31-25/h5,8-11,14-16H,1-4,6-7,12-13H2,(H,28,29,31). The number of aromatic amines is 1. The number of hydrogen-bond acceptors (Lipinski definition) is 6. The molecule has 5 aromatic heterocycles. The minimum absolute atomic E-state index is 0.575. The van der Waals surface area contributed by atoms with Crippen molar-refractivity contribution in [3.63, 3.8) is 0 Å². The van der Waals surface area contributed by atoms with Gasteiger partial charge in [-0.1, -0.05) is 6.42 Å². The molecule has 1 N–H and O–H groups in total. The molecule has 1 aliphatic carbocycles. The quantitative estimate of drug-likeness (QED) is 0.410. The van der Waals surface area contributed by atoms with Crippen LogP contribution >= 0.6 is 0 Å². The zero-order chi connectivity index (χ0) is 21.8. The number of anilines is 1. The van der Waals surface area contributed by atoms with Crippen LogP contribution in [0.3, 0.4) is 0 Å². The lowest BCUT2D eigenvalue weighted by molar-refractivity contribution is 0.421. The predicted octanol–water partition coefficient (Wildman–Crippen LogP) is 5.37. The first-order valence-corrected chi connectivity index (χ1v) is 12.0. The van der Waals surface area contributed by atoms with E-state index in [9.17, 15) is 0 Å². The molecule has 33 heavy (non-hydrogen) atoms. The lowest BCUT2D eigenvalue weighted by Gasteiger charge is -2.32. The third kappa shape index (κ3) is 2.98. The van der Waals surface area contributed by atoms with E-state index in [4.69, 9.17) is 9.97 Å². The fourth-order valence-corrected chi connectivity index (χ4v) is 5.41. The average Bonchev–Trinajstić information content (AvgIpc) is 3.22. The number of nitrogens with zero attached hydrogens (tertiary/aromatic N) is 6. The molecule has 7 rings (SSSR count). The first-order chi connectivity index (χ1) is 16.4. The van der Waals surface area contributed by atoms with Gasteiger partial charge in [-0.25, -0.2) is 19.9 Å². The number of hydrogen-bond donors (Lipinski definition) is 1. The summed E-state index contributed by atoms with van der Waals surface area (Å²) >= 11 is 0. The van der Waals surface area contributed by atoms with Gasteiger partial charge in [0.1, 0.15) is 17.1 Å². The highest BCUT2D eigenvalue weighted by molar-refractivity contribution is 6.11. The molecule has 0 aromatic carbocycles.